The maximum absolute atomic E-state index is 12.8. The van der Waals surface area contributed by atoms with Crippen LogP contribution in [0.2, 0.25) is 0 Å². The molecule has 1 atom stereocenters. The summed E-state index contributed by atoms with van der Waals surface area (Å²) < 4.78 is 35.6. The van der Waals surface area contributed by atoms with Crippen molar-refractivity contribution in [1.29, 1.82) is 0 Å². The zero-order chi connectivity index (χ0) is 17.8. The highest BCUT2D eigenvalue weighted by atomic mass is 32.2. The summed E-state index contributed by atoms with van der Waals surface area (Å²) >= 11 is 0. The fourth-order valence-electron chi connectivity index (χ4n) is 3.97. The predicted molar refractivity (Wildman–Crippen MR) is 95.0 cm³/mol. The first kappa shape index (κ1) is 16.4. The summed E-state index contributed by atoms with van der Waals surface area (Å²) in [7, 11) is -1.56. The van der Waals surface area contributed by atoms with Gasteiger partial charge in [0.05, 0.1) is 0 Å². The monoisotopic (exact) mass is 359 g/mol. The van der Waals surface area contributed by atoms with E-state index in [9.17, 15) is 8.42 Å². The van der Waals surface area contributed by atoms with Crippen molar-refractivity contribution in [1.82, 2.24) is 14.4 Å². The molecule has 25 heavy (non-hydrogen) atoms. The van der Waals surface area contributed by atoms with Gasteiger partial charge in [-0.2, -0.15) is 0 Å². The molecule has 1 aliphatic carbocycles. The number of nitrogens with one attached hydrogen (secondary N) is 1. The van der Waals surface area contributed by atoms with Crippen molar-refractivity contribution >= 4 is 20.9 Å². The fourth-order valence-corrected chi connectivity index (χ4v) is 5.57. The molecule has 0 saturated carbocycles. The van der Waals surface area contributed by atoms with E-state index in [2.05, 4.69) is 33.6 Å². The lowest BCUT2D eigenvalue weighted by Crippen LogP contribution is -2.39. The molecule has 0 fully saturated rings. The normalized spacial score (nSPS) is 17.8. The number of fused-ring (bicyclic) bond motifs is 3. The highest BCUT2D eigenvalue weighted by Gasteiger charge is 2.30. The van der Waals surface area contributed by atoms with Crippen LogP contribution in [0.5, 0.6) is 0 Å². The van der Waals surface area contributed by atoms with Gasteiger partial charge >= 0.3 is 0 Å². The second kappa shape index (κ2) is 5.71. The summed E-state index contributed by atoms with van der Waals surface area (Å²) in [6.45, 7) is 3.27. The molecule has 1 aromatic carbocycles. The van der Waals surface area contributed by atoms with Crippen LogP contribution in [0.4, 0.5) is 0 Å². The Morgan fingerprint density at radius 3 is 2.76 bits per heavy atom. The van der Waals surface area contributed by atoms with Crippen molar-refractivity contribution in [3.8, 4) is 0 Å². The molecule has 2 aromatic heterocycles. The molecule has 2 heterocycles. The molecule has 4 rings (SSSR count). The first-order valence-corrected chi connectivity index (χ1v) is 9.87. The number of rotatable bonds is 3. The van der Waals surface area contributed by atoms with Crippen LogP contribution in [0.15, 0.2) is 33.7 Å². The van der Waals surface area contributed by atoms with E-state index in [0.29, 0.717) is 17.9 Å². The van der Waals surface area contributed by atoms with Crippen LogP contribution in [-0.2, 0) is 29.9 Å². The first-order valence-electron chi connectivity index (χ1n) is 8.39. The average Bonchev–Trinajstić information content (AvgIpc) is 3.06. The molecule has 1 unspecified atom stereocenters. The highest BCUT2D eigenvalue weighted by molar-refractivity contribution is 7.89. The third-order valence-electron chi connectivity index (χ3n) is 5.08. The molecular weight excluding hydrogens is 338 g/mol. The van der Waals surface area contributed by atoms with Crippen LogP contribution >= 0.6 is 0 Å². The Morgan fingerprint density at radius 1 is 1.28 bits per heavy atom. The smallest absolute Gasteiger partial charge is 0.246 e. The number of benzene rings is 1. The summed E-state index contributed by atoms with van der Waals surface area (Å²) in [6, 6.07) is 8.15. The van der Waals surface area contributed by atoms with E-state index in [-0.39, 0.29) is 10.9 Å². The molecule has 132 valence electrons. The lowest BCUT2D eigenvalue weighted by Gasteiger charge is -2.24. The van der Waals surface area contributed by atoms with Gasteiger partial charge in [0.2, 0.25) is 10.0 Å². The topological polar surface area (TPSA) is 77.1 Å². The third kappa shape index (κ3) is 2.58. The van der Waals surface area contributed by atoms with E-state index in [0.717, 1.165) is 12.8 Å². The Hall–Kier alpha value is -2.12. The van der Waals surface area contributed by atoms with E-state index < -0.39 is 10.0 Å². The van der Waals surface area contributed by atoms with E-state index in [4.69, 9.17) is 4.52 Å². The summed E-state index contributed by atoms with van der Waals surface area (Å²) in [5, 5.41) is 4.97. The van der Waals surface area contributed by atoms with Gasteiger partial charge < -0.3 is 9.09 Å². The second-order valence-electron chi connectivity index (χ2n) is 6.72. The number of hydrogen-bond donors (Lipinski definition) is 1. The molecule has 1 N–H and O–H groups in total. The van der Waals surface area contributed by atoms with Gasteiger partial charge in [0, 0.05) is 29.7 Å². The minimum Gasteiger partial charge on any atom is -0.360 e. The minimum atomic E-state index is -3.64. The Balaban J connectivity index is 1.66. The van der Waals surface area contributed by atoms with Gasteiger partial charge in [-0.3, -0.25) is 0 Å². The van der Waals surface area contributed by atoms with Crippen LogP contribution < -0.4 is 4.72 Å². The van der Waals surface area contributed by atoms with Crippen LogP contribution in [-0.4, -0.2) is 24.2 Å². The Morgan fingerprint density at radius 2 is 2.04 bits per heavy atom. The SMILES string of the molecule is Cc1noc(C)c1S(=O)(=O)NC1CCc2c(c3ccccc3n2C)C1. The van der Waals surface area contributed by atoms with Crippen molar-refractivity contribution in [2.45, 2.75) is 44.0 Å². The standard InChI is InChI=1S/C18H21N3O3S/c1-11-18(12(2)24-19-11)25(22,23)20-13-8-9-17-15(10-13)14-6-4-5-7-16(14)21(17)3/h4-7,13,20H,8-10H2,1-3H3. The Kier molecular flexibility index (Phi) is 3.73. The molecule has 3 aromatic rings. The van der Waals surface area contributed by atoms with Gasteiger partial charge in [-0.25, -0.2) is 13.1 Å². The van der Waals surface area contributed by atoms with Gasteiger partial charge in [0.15, 0.2) is 5.76 Å². The second-order valence-corrected chi connectivity index (χ2v) is 8.37. The highest BCUT2D eigenvalue weighted by Crippen LogP contribution is 2.32. The van der Waals surface area contributed by atoms with E-state index in [1.165, 1.54) is 22.2 Å². The zero-order valence-corrected chi connectivity index (χ0v) is 15.4. The van der Waals surface area contributed by atoms with Gasteiger partial charge in [0.25, 0.3) is 0 Å². The lowest BCUT2D eigenvalue weighted by atomic mass is 9.92. The summed E-state index contributed by atoms with van der Waals surface area (Å²) in [6.07, 6.45) is 2.33. The van der Waals surface area contributed by atoms with E-state index in [1.54, 1.807) is 13.8 Å². The maximum atomic E-state index is 12.8. The molecule has 7 heteroatoms. The Bertz CT molecular complexity index is 1040. The molecule has 0 radical (unpaired) electrons. The number of hydrogen-bond acceptors (Lipinski definition) is 4. The molecule has 0 aliphatic heterocycles. The van der Waals surface area contributed by atoms with Gasteiger partial charge in [-0.15, -0.1) is 0 Å². The van der Waals surface area contributed by atoms with Crippen LogP contribution in [0.3, 0.4) is 0 Å². The van der Waals surface area contributed by atoms with Crippen LogP contribution in [0, 0.1) is 13.8 Å². The Labute approximate surface area is 146 Å². The fraction of sp³-hybridized carbons (Fsp3) is 0.389. The predicted octanol–water partition coefficient (Wildman–Crippen LogP) is 2.62. The molecule has 1 aliphatic rings. The molecular formula is C18H21N3O3S. The zero-order valence-electron chi connectivity index (χ0n) is 14.5. The number of aromatic nitrogens is 2. The summed E-state index contributed by atoms with van der Waals surface area (Å²) in [5.41, 5.74) is 4.14. The van der Waals surface area contributed by atoms with Crippen molar-refractivity contribution in [3.05, 3.63) is 47.0 Å². The minimum absolute atomic E-state index is 0.128. The van der Waals surface area contributed by atoms with Crippen LogP contribution in [0.25, 0.3) is 10.9 Å². The molecule has 0 bridgehead atoms. The molecule has 0 spiro atoms. The molecule has 6 nitrogen and oxygen atoms in total. The summed E-state index contributed by atoms with van der Waals surface area (Å²) in [4.78, 5) is 0.163. The van der Waals surface area contributed by atoms with E-state index in [1.807, 2.05) is 12.1 Å². The number of para-hydroxylation sites is 1. The number of nitrogens with zero attached hydrogens (tertiary/aromatic N) is 2. The van der Waals surface area contributed by atoms with Crippen molar-refractivity contribution in [3.63, 3.8) is 0 Å². The van der Waals surface area contributed by atoms with Crippen LogP contribution in [0.1, 0.15) is 29.1 Å². The maximum Gasteiger partial charge on any atom is 0.246 e. The summed E-state index contributed by atoms with van der Waals surface area (Å²) in [5.74, 6) is 0.326. The molecule has 0 amide bonds. The van der Waals surface area contributed by atoms with E-state index >= 15 is 0 Å². The van der Waals surface area contributed by atoms with Gasteiger partial charge in [0.1, 0.15) is 10.6 Å². The first-order chi connectivity index (χ1) is 11.9. The number of aryl methyl sites for hydroxylation is 3. The largest absolute Gasteiger partial charge is 0.360 e. The van der Waals surface area contributed by atoms with Crippen molar-refractivity contribution in [2.75, 3.05) is 0 Å². The van der Waals surface area contributed by atoms with Crippen molar-refractivity contribution in [2.24, 2.45) is 7.05 Å². The van der Waals surface area contributed by atoms with Gasteiger partial charge in [-0.05, 0) is 44.7 Å². The number of sulfonamides is 1. The lowest BCUT2D eigenvalue weighted by molar-refractivity contribution is 0.390. The van der Waals surface area contributed by atoms with Gasteiger partial charge in [-0.1, -0.05) is 23.4 Å². The quantitative estimate of drug-likeness (QED) is 0.780. The average molecular weight is 359 g/mol. The molecule has 0 saturated heterocycles. The third-order valence-corrected chi connectivity index (χ3v) is 6.85. The van der Waals surface area contributed by atoms with Crippen molar-refractivity contribution < 1.29 is 12.9 Å².